The minimum atomic E-state index is 0.130. The highest BCUT2D eigenvalue weighted by Crippen LogP contribution is 2.21. The zero-order chi connectivity index (χ0) is 17.5. The van der Waals surface area contributed by atoms with Gasteiger partial charge in [0.05, 0.1) is 19.3 Å². The van der Waals surface area contributed by atoms with Gasteiger partial charge in [-0.2, -0.15) is 0 Å². The molecule has 1 aromatic carbocycles. The third kappa shape index (κ3) is 4.64. The monoisotopic (exact) mass is 347 g/mol. The molecule has 2 unspecified atom stereocenters. The number of hydrogen-bond acceptors (Lipinski definition) is 4. The normalized spacial score (nSPS) is 24.4. The summed E-state index contributed by atoms with van der Waals surface area (Å²) in [5.74, 6) is 1.82. The molecule has 0 radical (unpaired) electrons. The van der Waals surface area contributed by atoms with Gasteiger partial charge in [0.25, 0.3) is 0 Å². The molecule has 2 fully saturated rings. The Morgan fingerprint density at radius 1 is 1.28 bits per heavy atom. The first-order chi connectivity index (χ1) is 12.3. The van der Waals surface area contributed by atoms with E-state index in [1.807, 2.05) is 32.2 Å². The van der Waals surface area contributed by atoms with Crippen LogP contribution in [0.1, 0.15) is 25.3 Å². The van der Waals surface area contributed by atoms with E-state index in [1.54, 1.807) is 0 Å². The first-order valence-electron chi connectivity index (χ1n) is 9.21. The van der Waals surface area contributed by atoms with E-state index in [9.17, 15) is 0 Å². The fourth-order valence-electron chi connectivity index (χ4n) is 3.44. The van der Waals surface area contributed by atoms with Gasteiger partial charge in [-0.05, 0) is 25.8 Å². The van der Waals surface area contributed by atoms with Crippen LogP contribution in [0.15, 0.2) is 29.3 Å². The van der Waals surface area contributed by atoms with Crippen molar-refractivity contribution in [1.82, 2.24) is 10.2 Å². The van der Waals surface area contributed by atoms with E-state index in [4.69, 9.17) is 14.2 Å². The number of para-hydroxylation sites is 1. The number of ether oxygens (including phenoxy) is 3. The van der Waals surface area contributed by atoms with Crippen LogP contribution in [0.3, 0.4) is 0 Å². The van der Waals surface area contributed by atoms with E-state index in [-0.39, 0.29) is 12.2 Å². The lowest BCUT2D eigenvalue weighted by molar-refractivity contribution is -0.0817. The zero-order valence-electron chi connectivity index (χ0n) is 15.2. The van der Waals surface area contributed by atoms with Crippen molar-refractivity contribution in [1.29, 1.82) is 0 Å². The molecule has 0 saturated carbocycles. The third-order valence-corrected chi connectivity index (χ3v) is 4.69. The Kier molecular flexibility index (Phi) is 6.53. The lowest BCUT2D eigenvalue weighted by atomic mass is 10.1. The van der Waals surface area contributed by atoms with Gasteiger partial charge in [-0.15, -0.1) is 0 Å². The standard InChI is InChI=1S/C19H29N3O3/c1-3-23-16-8-5-4-7-15(16)13-21-19(20-2)22-10-12-25-18(14-22)17-9-6-11-24-17/h4-5,7-8,17-18H,3,6,9-14H2,1-2H3,(H,20,21). The Bertz CT molecular complexity index is 573. The minimum Gasteiger partial charge on any atom is -0.494 e. The van der Waals surface area contributed by atoms with Crippen molar-refractivity contribution in [2.45, 2.75) is 38.5 Å². The fourth-order valence-corrected chi connectivity index (χ4v) is 3.44. The molecule has 0 aromatic heterocycles. The van der Waals surface area contributed by atoms with Crippen molar-refractivity contribution < 1.29 is 14.2 Å². The maximum atomic E-state index is 5.93. The topological polar surface area (TPSA) is 55.3 Å². The summed E-state index contributed by atoms with van der Waals surface area (Å²) in [6.07, 6.45) is 2.57. The lowest BCUT2D eigenvalue weighted by Gasteiger charge is -2.37. The van der Waals surface area contributed by atoms with E-state index in [1.165, 1.54) is 0 Å². The van der Waals surface area contributed by atoms with Crippen LogP contribution < -0.4 is 10.1 Å². The van der Waals surface area contributed by atoms with Gasteiger partial charge >= 0.3 is 0 Å². The van der Waals surface area contributed by atoms with Crippen molar-refractivity contribution in [2.24, 2.45) is 4.99 Å². The number of morpholine rings is 1. The summed E-state index contributed by atoms with van der Waals surface area (Å²) >= 11 is 0. The summed E-state index contributed by atoms with van der Waals surface area (Å²) in [6, 6.07) is 8.12. The van der Waals surface area contributed by atoms with Crippen molar-refractivity contribution >= 4 is 5.96 Å². The van der Waals surface area contributed by atoms with Crippen LogP contribution in [0.4, 0.5) is 0 Å². The molecule has 2 heterocycles. The summed E-state index contributed by atoms with van der Waals surface area (Å²) in [5, 5.41) is 3.46. The molecule has 25 heavy (non-hydrogen) atoms. The van der Waals surface area contributed by atoms with Gasteiger partial charge in [0.1, 0.15) is 11.9 Å². The van der Waals surface area contributed by atoms with Gasteiger partial charge in [-0.1, -0.05) is 18.2 Å². The molecular formula is C19H29N3O3. The first kappa shape index (κ1) is 18.0. The molecule has 1 N–H and O–H groups in total. The molecular weight excluding hydrogens is 318 g/mol. The maximum absolute atomic E-state index is 5.93. The zero-order valence-corrected chi connectivity index (χ0v) is 15.2. The van der Waals surface area contributed by atoms with Crippen LogP contribution in [0.5, 0.6) is 5.75 Å². The van der Waals surface area contributed by atoms with Crippen LogP contribution in [-0.4, -0.2) is 63.0 Å². The smallest absolute Gasteiger partial charge is 0.194 e. The molecule has 0 aliphatic carbocycles. The molecule has 0 amide bonds. The van der Waals surface area contributed by atoms with Crippen molar-refractivity contribution in [3.05, 3.63) is 29.8 Å². The van der Waals surface area contributed by atoms with E-state index in [0.29, 0.717) is 19.8 Å². The highest BCUT2D eigenvalue weighted by Gasteiger charge is 2.32. The highest BCUT2D eigenvalue weighted by molar-refractivity contribution is 5.80. The molecule has 0 spiro atoms. The average Bonchev–Trinajstić information content (AvgIpc) is 3.19. The maximum Gasteiger partial charge on any atom is 0.194 e. The predicted molar refractivity (Wildman–Crippen MR) is 98.1 cm³/mol. The first-order valence-corrected chi connectivity index (χ1v) is 9.21. The molecule has 3 rings (SSSR count). The summed E-state index contributed by atoms with van der Waals surface area (Å²) < 4.78 is 17.4. The van der Waals surface area contributed by atoms with Crippen LogP contribution in [0.2, 0.25) is 0 Å². The molecule has 2 aliphatic rings. The molecule has 6 heteroatoms. The van der Waals surface area contributed by atoms with Crippen LogP contribution in [0, 0.1) is 0 Å². The van der Waals surface area contributed by atoms with Gasteiger partial charge in [0.15, 0.2) is 5.96 Å². The second kappa shape index (κ2) is 9.06. The van der Waals surface area contributed by atoms with Gasteiger partial charge in [0, 0.05) is 38.9 Å². The number of aliphatic imine (C=N–C) groups is 1. The second-order valence-corrected chi connectivity index (χ2v) is 6.35. The Morgan fingerprint density at radius 3 is 2.88 bits per heavy atom. The number of nitrogens with one attached hydrogen (secondary N) is 1. The Morgan fingerprint density at radius 2 is 2.12 bits per heavy atom. The van der Waals surface area contributed by atoms with Crippen LogP contribution >= 0.6 is 0 Å². The van der Waals surface area contributed by atoms with Crippen molar-refractivity contribution in [2.75, 3.05) is 40.0 Å². The number of benzene rings is 1. The quantitative estimate of drug-likeness (QED) is 0.653. The lowest BCUT2D eigenvalue weighted by Crippen LogP contribution is -2.53. The highest BCUT2D eigenvalue weighted by atomic mass is 16.5. The molecule has 138 valence electrons. The third-order valence-electron chi connectivity index (χ3n) is 4.69. The Hall–Kier alpha value is -1.79. The molecule has 2 saturated heterocycles. The fraction of sp³-hybridized carbons (Fsp3) is 0.632. The molecule has 0 bridgehead atoms. The minimum absolute atomic E-state index is 0.130. The van der Waals surface area contributed by atoms with Crippen molar-refractivity contribution in [3.8, 4) is 5.75 Å². The molecule has 2 aliphatic heterocycles. The van der Waals surface area contributed by atoms with Crippen LogP contribution in [0.25, 0.3) is 0 Å². The number of hydrogen-bond donors (Lipinski definition) is 1. The van der Waals surface area contributed by atoms with E-state index < -0.39 is 0 Å². The number of nitrogens with zero attached hydrogens (tertiary/aromatic N) is 2. The van der Waals surface area contributed by atoms with Crippen LogP contribution in [-0.2, 0) is 16.0 Å². The average molecular weight is 347 g/mol. The predicted octanol–water partition coefficient (Wildman–Crippen LogP) is 2.04. The number of rotatable bonds is 5. The van der Waals surface area contributed by atoms with Gasteiger partial charge in [-0.3, -0.25) is 4.99 Å². The van der Waals surface area contributed by atoms with Gasteiger partial charge < -0.3 is 24.4 Å². The van der Waals surface area contributed by atoms with E-state index in [2.05, 4.69) is 21.3 Å². The van der Waals surface area contributed by atoms with Gasteiger partial charge in [-0.25, -0.2) is 0 Å². The number of guanidine groups is 1. The molecule has 1 aromatic rings. The summed E-state index contributed by atoms with van der Waals surface area (Å²) in [6.45, 7) is 6.57. The summed E-state index contributed by atoms with van der Waals surface area (Å²) in [5.41, 5.74) is 1.13. The molecule has 6 nitrogen and oxygen atoms in total. The second-order valence-electron chi connectivity index (χ2n) is 6.35. The summed E-state index contributed by atoms with van der Waals surface area (Å²) in [7, 11) is 1.83. The SMILES string of the molecule is CCOc1ccccc1CNC(=NC)N1CCOC(C2CCCO2)C1. The van der Waals surface area contributed by atoms with E-state index in [0.717, 1.165) is 49.8 Å². The molecule has 2 atom stereocenters. The largest absolute Gasteiger partial charge is 0.494 e. The van der Waals surface area contributed by atoms with E-state index >= 15 is 0 Å². The van der Waals surface area contributed by atoms with Crippen molar-refractivity contribution in [3.63, 3.8) is 0 Å². The van der Waals surface area contributed by atoms with Gasteiger partial charge in [0.2, 0.25) is 0 Å². The Labute approximate surface area is 150 Å². The Balaban J connectivity index is 1.59. The summed E-state index contributed by atoms with van der Waals surface area (Å²) in [4.78, 5) is 6.72.